The molecule has 1 saturated heterocycles. The van der Waals surface area contributed by atoms with E-state index in [1.165, 1.54) is 12.1 Å². The van der Waals surface area contributed by atoms with Gasteiger partial charge in [0.25, 0.3) is 0 Å². The third-order valence-corrected chi connectivity index (χ3v) is 3.45. The molecular formula is C14H24N4O. The van der Waals surface area contributed by atoms with Gasteiger partial charge in [0.1, 0.15) is 0 Å². The Labute approximate surface area is 114 Å². The summed E-state index contributed by atoms with van der Waals surface area (Å²) < 4.78 is 2.10. The van der Waals surface area contributed by atoms with Crippen LogP contribution in [0, 0.1) is 5.92 Å². The van der Waals surface area contributed by atoms with Crippen molar-refractivity contribution in [1.29, 1.82) is 0 Å². The van der Waals surface area contributed by atoms with Gasteiger partial charge in [0.15, 0.2) is 0 Å². The maximum absolute atomic E-state index is 11.7. The van der Waals surface area contributed by atoms with Crippen LogP contribution in [0.1, 0.15) is 44.8 Å². The fourth-order valence-electron chi connectivity index (χ4n) is 2.37. The Kier molecular flexibility index (Phi) is 4.96. The highest BCUT2D eigenvalue weighted by molar-refractivity contribution is 5.75. The second kappa shape index (κ2) is 6.70. The number of nitrogens with zero attached hydrogens (tertiary/aromatic N) is 2. The molecule has 2 N–H and O–H groups in total. The second-order valence-electron chi connectivity index (χ2n) is 5.61. The van der Waals surface area contributed by atoms with Crippen LogP contribution in [0.5, 0.6) is 0 Å². The smallest absolute Gasteiger partial charge is 0.221 e. The molecule has 0 unspecified atom stereocenters. The Morgan fingerprint density at radius 3 is 3.16 bits per heavy atom. The summed E-state index contributed by atoms with van der Waals surface area (Å²) in [5.74, 6) is 0.614. The average molecular weight is 264 g/mol. The summed E-state index contributed by atoms with van der Waals surface area (Å²) in [7, 11) is 0. The van der Waals surface area contributed by atoms with E-state index in [-0.39, 0.29) is 5.91 Å². The van der Waals surface area contributed by atoms with Gasteiger partial charge in [0.05, 0.1) is 12.0 Å². The average Bonchev–Trinajstić information content (AvgIpc) is 3.03. The highest BCUT2D eigenvalue weighted by Crippen LogP contribution is 2.22. The van der Waals surface area contributed by atoms with Gasteiger partial charge in [-0.3, -0.25) is 4.79 Å². The van der Waals surface area contributed by atoms with Crippen molar-refractivity contribution in [2.75, 3.05) is 13.1 Å². The SMILES string of the molecule is CC(C)CNC(=O)CCn1cncc1[C@@H]1CCCN1. The zero-order chi connectivity index (χ0) is 13.7. The van der Waals surface area contributed by atoms with Gasteiger partial charge in [-0.25, -0.2) is 4.98 Å². The summed E-state index contributed by atoms with van der Waals surface area (Å²) in [4.78, 5) is 15.9. The summed E-state index contributed by atoms with van der Waals surface area (Å²) >= 11 is 0. The molecule has 1 aliphatic rings. The third kappa shape index (κ3) is 4.06. The van der Waals surface area contributed by atoms with Crippen LogP contribution in [0.25, 0.3) is 0 Å². The maximum atomic E-state index is 11.7. The zero-order valence-electron chi connectivity index (χ0n) is 11.9. The molecule has 0 aromatic carbocycles. The van der Waals surface area contributed by atoms with Crippen molar-refractivity contribution in [3.63, 3.8) is 0 Å². The molecule has 1 aromatic heterocycles. The lowest BCUT2D eigenvalue weighted by atomic mass is 10.1. The number of imidazole rings is 1. The summed E-state index contributed by atoms with van der Waals surface area (Å²) in [5.41, 5.74) is 1.20. The van der Waals surface area contributed by atoms with Crippen LogP contribution in [-0.4, -0.2) is 28.5 Å². The third-order valence-electron chi connectivity index (χ3n) is 3.45. The van der Waals surface area contributed by atoms with E-state index < -0.39 is 0 Å². The van der Waals surface area contributed by atoms with Crippen LogP contribution in [0.3, 0.4) is 0 Å². The summed E-state index contributed by atoms with van der Waals surface area (Å²) in [6, 6.07) is 0.404. The van der Waals surface area contributed by atoms with Gasteiger partial charge in [-0.2, -0.15) is 0 Å². The lowest BCUT2D eigenvalue weighted by Crippen LogP contribution is -2.28. The minimum Gasteiger partial charge on any atom is -0.356 e. The van der Waals surface area contributed by atoms with Gasteiger partial charge in [-0.05, 0) is 25.3 Å². The normalized spacial score (nSPS) is 19.0. The fraction of sp³-hybridized carbons (Fsp3) is 0.714. The molecule has 0 radical (unpaired) electrons. The number of carbonyl (C=O) groups is 1. The number of nitrogens with one attached hydrogen (secondary N) is 2. The van der Waals surface area contributed by atoms with E-state index in [0.29, 0.717) is 24.9 Å². The topological polar surface area (TPSA) is 59.0 Å². The van der Waals surface area contributed by atoms with Crippen molar-refractivity contribution < 1.29 is 4.79 Å². The molecule has 1 fully saturated rings. The first kappa shape index (κ1) is 14.1. The molecule has 0 aliphatic carbocycles. The Hall–Kier alpha value is -1.36. The molecule has 0 bridgehead atoms. The van der Waals surface area contributed by atoms with Crippen molar-refractivity contribution in [3.05, 3.63) is 18.2 Å². The number of rotatable bonds is 6. The van der Waals surface area contributed by atoms with Crippen LogP contribution in [0.2, 0.25) is 0 Å². The standard InChI is InChI=1S/C14H24N4O/c1-11(2)8-17-14(19)5-7-18-10-15-9-13(18)12-4-3-6-16-12/h9-12,16H,3-8H2,1-2H3,(H,17,19)/t12-/m0/s1. The molecule has 1 amide bonds. The van der Waals surface area contributed by atoms with E-state index in [0.717, 1.165) is 19.5 Å². The first-order valence-corrected chi connectivity index (χ1v) is 7.17. The van der Waals surface area contributed by atoms with E-state index in [9.17, 15) is 4.79 Å². The van der Waals surface area contributed by atoms with Gasteiger partial charge in [0.2, 0.25) is 5.91 Å². The van der Waals surface area contributed by atoms with Crippen molar-refractivity contribution in [3.8, 4) is 0 Å². The minimum atomic E-state index is 0.118. The van der Waals surface area contributed by atoms with Gasteiger partial charge in [-0.15, -0.1) is 0 Å². The number of carbonyl (C=O) groups excluding carboxylic acids is 1. The Morgan fingerprint density at radius 2 is 2.47 bits per heavy atom. The van der Waals surface area contributed by atoms with E-state index in [1.807, 2.05) is 12.5 Å². The molecular weight excluding hydrogens is 240 g/mol. The van der Waals surface area contributed by atoms with Gasteiger partial charge in [0, 0.05) is 31.7 Å². The Bertz CT molecular complexity index is 407. The predicted octanol–water partition coefficient (Wildman–Crippen LogP) is 1.47. The maximum Gasteiger partial charge on any atom is 0.221 e. The number of hydrogen-bond acceptors (Lipinski definition) is 3. The molecule has 0 spiro atoms. The molecule has 2 heterocycles. The first-order valence-electron chi connectivity index (χ1n) is 7.17. The van der Waals surface area contributed by atoms with Crippen molar-refractivity contribution in [1.82, 2.24) is 20.2 Å². The van der Waals surface area contributed by atoms with Crippen molar-refractivity contribution in [2.24, 2.45) is 5.92 Å². The summed E-state index contributed by atoms with van der Waals surface area (Å²) in [6.07, 6.45) is 6.62. The molecule has 19 heavy (non-hydrogen) atoms. The van der Waals surface area contributed by atoms with E-state index >= 15 is 0 Å². The van der Waals surface area contributed by atoms with Crippen LogP contribution in [0.4, 0.5) is 0 Å². The molecule has 5 heteroatoms. The van der Waals surface area contributed by atoms with Crippen LogP contribution in [-0.2, 0) is 11.3 Å². The lowest BCUT2D eigenvalue weighted by molar-refractivity contribution is -0.121. The van der Waals surface area contributed by atoms with E-state index in [4.69, 9.17) is 0 Å². The van der Waals surface area contributed by atoms with Crippen molar-refractivity contribution in [2.45, 2.75) is 45.7 Å². The zero-order valence-corrected chi connectivity index (χ0v) is 11.9. The van der Waals surface area contributed by atoms with Gasteiger partial charge < -0.3 is 15.2 Å². The van der Waals surface area contributed by atoms with Crippen LogP contribution < -0.4 is 10.6 Å². The minimum absolute atomic E-state index is 0.118. The Morgan fingerprint density at radius 1 is 1.63 bits per heavy atom. The van der Waals surface area contributed by atoms with Crippen LogP contribution in [0.15, 0.2) is 12.5 Å². The summed E-state index contributed by atoms with van der Waals surface area (Å²) in [6.45, 7) is 6.72. The number of aromatic nitrogens is 2. The molecule has 2 rings (SSSR count). The molecule has 5 nitrogen and oxygen atoms in total. The largest absolute Gasteiger partial charge is 0.356 e. The quantitative estimate of drug-likeness (QED) is 0.818. The number of hydrogen-bond donors (Lipinski definition) is 2. The highest BCUT2D eigenvalue weighted by Gasteiger charge is 2.19. The van der Waals surface area contributed by atoms with Gasteiger partial charge >= 0.3 is 0 Å². The lowest BCUT2D eigenvalue weighted by Gasteiger charge is -2.14. The fourth-order valence-corrected chi connectivity index (χ4v) is 2.37. The Balaban J connectivity index is 1.82. The van der Waals surface area contributed by atoms with Crippen LogP contribution >= 0.6 is 0 Å². The predicted molar refractivity (Wildman–Crippen MR) is 74.7 cm³/mol. The number of amides is 1. The molecule has 106 valence electrons. The molecule has 1 aliphatic heterocycles. The molecule has 1 aromatic rings. The monoisotopic (exact) mass is 264 g/mol. The van der Waals surface area contributed by atoms with E-state index in [2.05, 4.69) is 34.0 Å². The summed E-state index contributed by atoms with van der Waals surface area (Å²) in [5, 5.41) is 6.41. The van der Waals surface area contributed by atoms with Gasteiger partial charge in [-0.1, -0.05) is 13.8 Å². The van der Waals surface area contributed by atoms with E-state index in [1.54, 1.807) is 0 Å². The van der Waals surface area contributed by atoms with Crippen molar-refractivity contribution >= 4 is 5.91 Å². The second-order valence-corrected chi connectivity index (χ2v) is 5.61. The molecule has 1 atom stereocenters. The molecule has 0 saturated carbocycles. The number of aryl methyl sites for hydroxylation is 1. The first-order chi connectivity index (χ1) is 9.16. The highest BCUT2D eigenvalue weighted by atomic mass is 16.1.